The molecule has 1 spiro atoms. The van der Waals surface area contributed by atoms with Crippen LogP contribution in [0.4, 0.5) is 17.1 Å². The Bertz CT molecular complexity index is 1740. The van der Waals surface area contributed by atoms with Crippen molar-refractivity contribution in [1.29, 1.82) is 0 Å². The maximum Gasteiger partial charge on any atom is 0.264 e. The second-order valence-electron chi connectivity index (χ2n) is 14.2. The van der Waals surface area contributed by atoms with Gasteiger partial charge in [0.1, 0.15) is 5.75 Å². The Morgan fingerprint density at radius 1 is 0.917 bits per heavy atom. The number of rotatable bonds is 9. The van der Waals surface area contributed by atoms with Gasteiger partial charge in [-0.15, -0.1) is 0 Å². The zero-order chi connectivity index (χ0) is 33.8. The van der Waals surface area contributed by atoms with E-state index in [0.717, 1.165) is 46.8 Å². The van der Waals surface area contributed by atoms with E-state index in [1.807, 2.05) is 69.3 Å². The van der Waals surface area contributed by atoms with Crippen molar-refractivity contribution < 1.29 is 29.0 Å². The van der Waals surface area contributed by atoms with Gasteiger partial charge in [0.25, 0.3) is 5.91 Å². The van der Waals surface area contributed by atoms with Crippen LogP contribution in [0.3, 0.4) is 0 Å². The number of aliphatic hydroxyl groups is 1. The summed E-state index contributed by atoms with van der Waals surface area (Å²) in [6, 6.07) is 22.1. The lowest BCUT2D eigenvalue weighted by Crippen LogP contribution is -2.51. The molecule has 4 aliphatic rings. The average molecular weight is 668 g/mol. The van der Waals surface area contributed by atoms with E-state index < -0.39 is 13.7 Å². The third kappa shape index (κ3) is 5.16. The van der Waals surface area contributed by atoms with Crippen LogP contribution >= 0.6 is 0 Å². The van der Waals surface area contributed by atoms with E-state index in [0.29, 0.717) is 38.9 Å². The number of methoxy groups -OCH3 is 1. The molecule has 0 radical (unpaired) electrons. The molecular weight excluding hydrogens is 623 g/mol. The first-order valence-corrected chi connectivity index (χ1v) is 20.3. The Kier molecular flexibility index (Phi) is 8.46. The van der Waals surface area contributed by atoms with E-state index in [-0.39, 0.29) is 41.9 Å². The van der Waals surface area contributed by atoms with Gasteiger partial charge < -0.3 is 29.3 Å². The lowest BCUT2D eigenvalue weighted by molar-refractivity contribution is -0.146. The molecule has 3 saturated heterocycles. The van der Waals surface area contributed by atoms with Crippen LogP contribution in [0.5, 0.6) is 5.75 Å². The molecule has 3 aromatic rings. The van der Waals surface area contributed by atoms with Crippen molar-refractivity contribution in [3.8, 4) is 5.75 Å². The van der Waals surface area contributed by atoms with Gasteiger partial charge in [-0.25, -0.2) is 0 Å². The molecule has 1 N–H and O–H groups in total. The van der Waals surface area contributed by atoms with E-state index in [1.165, 1.54) is 5.19 Å². The third-order valence-corrected chi connectivity index (χ3v) is 15.6. The fraction of sp³-hybridized carbons (Fsp3) is 0.447. The number of aliphatic hydroxyl groups excluding tert-OH is 1. The second kappa shape index (κ2) is 12.5. The highest BCUT2D eigenvalue weighted by Crippen LogP contribution is 2.60. The number of ether oxygens (including phenoxy) is 2. The number of amides is 3. The molecule has 0 saturated carbocycles. The van der Waals surface area contributed by atoms with E-state index >= 15 is 4.79 Å². The van der Waals surface area contributed by atoms with Crippen LogP contribution in [0.15, 0.2) is 66.7 Å². The number of nitrogens with zero attached hydrogens (tertiary/aromatic N) is 3. The second-order valence-corrected chi connectivity index (χ2v) is 18.9. The Labute approximate surface area is 283 Å². The predicted molar refractivity (Wildman–Crippen MR) is 189 cm³/mol. The van der Waals surface area contributed by atoms with Gasteiger partial charge in [-0.2, -0.15) is 0 Å². The monoisotopic (exact) mass is 667 g/mol. The Hall–Kier alpha value is -3.99. The Morgan fingerprint density at radius 2 is 1.58 bits per heavy atom. The molecule has 3 fully saturated rings. The zero-order valence-electron chi connectivity index (χ0n) is 28.3. The summed E-state index contributed by atoms with van der Waals surface area (Å²) in [7, 11) is -0.670. The van der Waals surface area contributed by atoms with Crippen molar-refractivity contribution >= 4 is 48.0 Å². The first-order valence-electron chi connectivity index (χ1n) is 17.2. The molecular formula is C38H45N3O6Si. The quantitative estimate of drug-likeness (QED) is 0.319. The van der Waals surface area contributed by atoms with Gasteiger partial charge in [-0.1, -0.05) is 49.5 Å². The predicted octanol–water partition coefficient (Wildman–Crippen LogP) is 5.09. The molecule has 10 heteroatoms. The number of carbonyl (C=O) groups excluding carboxylic acids is 3. The number of fused-ring (bicyclic) bond motifs is 2. The fourth-order valence-electron chi connectivity index (χ4n) is 8.87. The summed E-state index contributed by atoms with van der Waals surface area (Å²) in [6.45, 7) is 8.40. The van der Waals surface area contributed by atoms with Crippen LogP contribution in [-0.2, 0) is 31.3 Å². The lowest BCUT2D eigenvalue weighted by atomic mass is 9.82. The van der Waals surface area contributed by atoms with Crippen LogP contribution in [0.25, 0.3) is 0 Å². The third-order valence-electron chi connectivity index (χ3n) is 11.3. The summed E-state index contributed by atoms with van der Waals surface area (Å²) >= 11 is 0. The summed E-state index contributed by atoms with van der Waals surface area (Å²) in [5.74, 6) is 0.661. The largest absolute Gasteiger partial charge is 0.497 e. The fourth-order valence-corrected chi connectivity index (χ4v) is 12.9. The number of hydrogen-bond donors (Lipinski definition) is 1. The molecule has 48 heavy (non-hydrogen) atoms. The minimum absolute atomic E-state index is 0.0105. The van der Waals surface area contributed by atoms with E-state index in [4.69, 9.17) is 9.47 Å². The smallest absolute Gasteiger partial charge is 0.264 e. The van der Waals surface area contributed by atoms with E-state index in [1.54, 1.807) is 7.11 Å². The topological polar surface area (TPSA) is 99.6 Å². The highest BCUT2D eigenvalue weighted by Gasteiger charge is 2.66. The van der Waals surface area contributed by atoms with Crippen LogP contribution in [0.2, 0.25) is 18.6 Å². The van der Waals surface area contributed by atoms with Crippen molar-refractivity contribution in [1.82, 2.24) is 0 Å². The molecule has 4 atom stereocenters. The molecule has 3 aromatic carbocycles. The van der Waals surface area contributed by atoms with Crippen LogP contribution in [-0.4, -0.2) is 63.8 Å². The van der Waals surface area contributed by atoms with Gasteiger partial charge >= 0.3 is 0 Å². The molecule has 0 aliphatic carbocycles. The van der Waals surface area contributed by atoms with Crippen molar-refractivity contribution in [2.45, 2.75) is 75.9 Å². The molecule has 252 valence electrons. The first kappa shape index (κ1) is 32.5. The van der Waals surface area contributed by atoms with Crippen molar-refractivity contribution in [3.05, 3.63) is 77.9 Å². The van der Waals surface area contributed by atoms with Gasteiger partial charge in [0.2, 0.25) is 11.8 Å². The Morgan fingerprint density at radius 3 is 2.19 bits per heavy atom. The molecule has 3 amide bonds. The maximum absolute atomic E-state index is 15.1. The van der Waals surface area contributed by atoms with Gasteiger partial charge in [-0.3, -0.25) is 14.4 Å². The van der Waals surface area contributed by atoms with Crippen LogP contribution in [0, 0.1) is 5.92 Å². The summed E-state index contributed by atoms with van der Waals surface area (Å²) in [4.78, 5) is 46.0. The van der Waals surface area contributed by atoms with E-state index in [9.17, 15) is 14.7 Å². The summed E-state index contributed by atoms with van der Waals surface area (Å²) in [5.41, 5.74) is 2.84. The normalized spacial score (nSPS) is 25.6. The zero-order valence-corrected chi connectivity index (χ0v) is 29.3. The lowest BCUT2D eigenvalue weighted by Gasteiger charge is -2.37. The molecule has 0 aromatic heterocycles. The van der Waals surface area contributed by atoms with Crippen molar-refractivity contribution in [2.75, 3.05) is 41.5 Å². The minimum atomic E-state index is -2.33. The molecule has 4 aliphatic heterocycles. The molecule has 0 unspecified atom stereocenters. The van der Waals surface area contributed by atoms with Crippen molar-refractivity contribution in [2.24, 2.45) is 5.92 Å². The summed E-state index contributed by atoms with van der Waals surface area (Å²) in [5, 5.41) is 11.5. The van der Waals surface area contributed by atoms with Crippen LogP contribution in [0.1, 0.15) is 50.2 Å². The van der Waals surface area contributed by atoms with Gasteiger partial charge in [-0.05, 0) is 72.8 Å². The van der Waals surface area contributed by atoms with Crippen molar-refractivity contribution in [3.63, 3.8) is 0 Å². The number of hydrogen-bond acceptors (Lipinski definition) is 6. The molecule has 4 heterocycles. The Balaban J connectivity index is 1.32. The minimum Gasteiger partial charge on any atom is -0.497 e. The number of benzene rings is 3. The summed E-state index contributed by atoms with van der Waals surface area (Å²) in [6.07, 6.45) is 2.78. The highest BCUT2D eigenvalue weighted by molar-refractivity contribution is 6.91. The molecule has 9 nitrogen and oxygen atoms in total. The number of anilines is 3. The summed E-state index contributed by atoms with van der Waals surface area (Å²) < 4.78 is 12.5. The number of carbonyl (C=O) groups is 3. The molecule has 0 bridgehead atoms. The standard InChI is InChI=1S/C38H45N3O6Si/c1-25-36(48(3,4)30-15-13-29(46-2)14-16-30)33(18-21-42)47-38(25)31-23-28(40-20-7-11-35(40)44)12-17-32(31)41(37(38)45)24-26-8-5-9-27(22-26)39-19-6-10-34(39)43/h5,8-9,12-17,22-23,25,33,36,42H,6-7,10-11,18-21,24H2,1-4H3/t25-,33+,36-,38+/m1/s1. The average Bonchev–Trinajstić information content (AvgIpc) is 3.84. The van der Waals surface area contributed by atoms with Gasteiger partial charge in [0, 0.05) is 55.4 Å². The van der Waals surface area contributed by atoms with Gasteiger partial charge in [0.05, 0.1) is 33.5 Å². The highest BCUT2D eigenvalue weighted by atomic mass is 28.3. The maximum atomic E-state index is 15.1. The van der Waals surface area contributed by atoms with E-state index in [2.05, 4.69) is 32.2 Å². The first-order chi connectivity index (χ1) is 23.1. The molecule has 7 rings (SSSR count). The van der Waals surface area contributed by atoms with Gasteiger partial charge in [0.15, 0.2) is 5.60 Å². The van der Waals surface area contributed by atoms with Crippen LogP contribution < -0.4 is 24.6 Å². The SMILES string of the molecule is COc1ccc([Si](C)(C)[C@H]2[C@H](CCO)O[C@@]3(C(=O)N(Cc4cccc(N5CCCC5=O)c4)c4ccc(N5CCCC5=O)cc43)[C@@H]2C)cc1.